The van der Waals surface area contributed by atoms with Gasteiger partial charge in [0.1, 0.15) is 17.0 Å². The maximum Gasteiger partial charge on any atom is 0.150 e. The first-order valence-corrected chi connectivity index (χ1v) is 13.6. The lowest BCUT2D eigenvalue weighted by Crippen LogP contribution is -2.44. The van der Waals surface area contributed by atoms with E-state index in [1.807, 2.05) is 11.6 Å². The highest BCUT2D eigenvalue weighted by Crippen LogP contribution is 2.47. The van der Waals surface area contributed by atoms with E-state index >= 15 is 0 Å². The fourth-order valence-corrected chi connectivity index (χ4v) is 6.84. The molecule has 3 aromatic heterocycles. The van der Waals surface area contributed by atoms with Crippen LogP contribution < -0.4 is 4.90 Å². The van der Waals surface area contributed by atoms with E-state index in [2.05, 4.69) is 30.0 Å². The molecular weight excluding hydrogens is 460 g/mol. The van der Waals surface area contributed by atoms with Crippen molar-refractivity contribution in [3.05, 3.63) is 23.4 Å². The van der Waals surface area contributed by atoms with E-state index in [-0.39, 0.29) is 12.3 Å². The van der Waals surface area contributed by atoms with Gasteiger partial charge in [0.05, 0.1) is 46.8 Å². The van der Waals surface area contributed by atoms with Crippen LogP contribution in [0.25, 0.3) is 21.6 Å². The maximum atomic E-state index is 10.4. The van der Waals surface area contributed by atoms with Crippen LogP contribution in [0.1, 0.15) is 69.4 Å². The van der Waals surface area contributed by atoms with Gasteiger partial charge < -0.3 is 14.4 Å². The number of morpholine rings is 1. The quantitative estimate of drug-likeness (QED) is 0.499. The third-order valence-electron chi connectivity index (χ3n) is 7.79. The van der Waals surface area contributed by atoms with Gasteiger partial charge in [0.2, 0.25) is 0 Å². The molecule has 9 heteroatoms. The van der Waals surface area contributed by atoms with Gasteiger partial charge in [0, 0.05) is 13.2 Å². The molecule has 2 aliphatic heterocycles. The summed E-state index contributed by atoms with van der Waals surface area (Å²) >= 11 is 1.47. The van der Waals surface area contributed by atoms with Crippen LogP contribution in [0.15, 0.2) is 12.1 Å². The molecule has 6 rings (SSSR count). The summed E-state index contributed by atoms with van der Waals surface area (Å²) in [4.78, 5) is 7.53. The molecule has 2 atom stereocenters. The lowest BCUT2D eigenvalue weighted by Gasteiger charge is -2.35. The van der Waals surface area contributed by atoms with Gasteiger partial charge in [-0.05, 0) is 75.2 Å². The fourth-order valence-electron chi connectivity index (χ4n) is 5.89. The Morgan fingerprint density at radius 1 is 1.17 bits per heavy atom. The van der Waals surface area contributed by atoms with Gasteiger partial charge in [-0.3, -0.25) is 0 Å². The minimum absolute atomic E-state index is 0.0774. The van der Waals surface area contributed by atoms with Crippen LogP contribution in [0.4, 0.5) is 5.82 Å². The number of anilines is 1. The summed E-state index contributed by atoms with van der Waals surface area (Å²) < 4.78 is 19.8. The molecule has 2 saturated heterocycles. The minimum atomic E-state index is -0.474. The summed E-state index contributed by atoms with van der Waals surface area (Å²) in [6, 6.07) is 7.20. The van der Waals surface area contributed by atoms with Crippen molar-refractivity contribution in [3.63, 3.8) is 0 Å². The van der Waals surface area contributed by atoms with Gasteiger partial charge in [-0.15, -0.1) is 0 Å². The van der Waals surface area contributed by atoms with E-state index in [4.69, 9.17) is 23.9 Å². The summed E-state index contributed by atoms with van der Waals surface area (Å²) in [7, 11) is 0. The molecule has 0 radical (unpaired) electrons. The predicted molar refractivity (Wildman–Crippen MR) is 136 cm³/mol. The second-order valence-corrected chi connectivity index (χ2v) is 11.0. The molecule has 0 aromatic carbocycles. The van der Waals surface area contributed by atoms with Crippen molar-refractivity contribution >= 4 is 27.6 Å². The number of rotatable bonds is 4. The second-order valence-electron chi connectivity index (χ2n) is 10.2. The van der Waals surface area contributed by atoms with Crippen LogP contribution in [0.2, 0.25) is 0 Å². The van der Waals surface area contributed by atoms with Gasteiger partial charge in [-0.25, -0.2) is 9.67 Å². The first-order valence-electron chi connectivity index (χ1n) is 12.8. The van der Waals surface area contributed by atoms with Gasteiger partial charge in [-0.1, -0.05) is 12.8 Å². The zero-order valence-electron chi connectivity index (χ0n) is 20.5. The monoisotopic (exact) mass is 492 g/mol. The van der Waals surface area contributed by atoms with Crippen molar-refractivity contribution in [1.29, 1.82) is 5.26 Å². The molecule has 0 bridgehead atoms. The van der Waals surface area contributed by atoms with Crippen LogP contribution in [-0.2, 0) is 14.9 Å². The summed E-state index contributed by atoms with van der Waals surface area (Å²) in [5, 5.41) is 15.2. The zero-order valence-corrected chi connectivity index (χ0v) is 21.3. The Labute approximate surface area is 210 Å². The number of aryl methyl sites for hydroxylation is 1. The second kappa shape index (κ2) is 9.16. The van der Waals surface area contributed by atoms with Crippen LogP contribution in [0, 0.1) is 18.3 Å². The Bertz CT molecular complexity index is 1260. The molecule has 35 heavy (non-hydrogen) atoms. The summed E-state index contributed by atoms with van der Waals surface area (Å²) in [6.07, 6.45) is 7.03. The molecule has 1 saturated carbocycles. The minimum Gasteiger partial charge on any atom is -0.377 e. The third-order valence-corrected chi connectivity index (χ3v) is 8.66. The van der Waals surface area contributed by atoms with E-state index in [0.29, 0.717) is 13.2 Å². The number of fused-ring (bicyclic) bond motifs is 1. The molecule has 2 unspecified atom stereocenters. The van der Waals surface area contributed by atoms with Crippen molar-refractivity contribution in [3.8, 4) is 17.5 Å². The van der Waals surface area contributed by atoms with Gasteiger partial charge in [0.15, 0.2) is 6.23 Å². The number of hydrogen-bond acceptors (Lipinski definition) is 8. The average Bonchev–Trinajstić information content (AvgIpc) is 3.63. The Hall–Kier alpha value is -2.54. The highest BCUT2D eigenvalue weighted by molar-refractivity contribution is 7.13. The Morgan fingerprint density at radius 3 is 2.77 bits per heavy atom. The average molecular weight is 493 g/mol. The lowest BCUT2D eigenvalue weighted by atomic mass is 9.80. The third kappa shape index (κ3) is 3.92. The molecule has 3 aromatic rings. The summed E-state index contributed by atoms with van der Waals surface area (Å²) in [5.74, 6) is 0.919. The summed E-state index contributed by atoms with van der Waals surface area (Å²) in [5.41, 5.74) is 4.23. The van der Waals surface area contributed by atoms with Crippen molar-refractivity contribution in [1.82, 2.24) is 19.1 Å². The standard InChI is InChI=1S/C26H32N6O2S/c1-17-13-20(32(29-17)22-7-3-6-11-34-22)23-24-25(35-30-23)19(26(16-27)8-4-5-9-26)14-21(28-24)31-10-12-33-15-18(31)2/h13-14,18,22H,3-12,15H2,1-2H3. The van der Waals surface area contributed by atoms with Crippen molar-refractivity contribution in [2.24, 2.45) is 0 Å². The topological polar surface area (TPSA) is 89.1 Å². The number of nitrogens with zero attached hydrogens (tertiary/aromatic N) is 6. The van der Waals surface area contributed by atoms with Crippen molar-refractivity contribution in [2.75, 3.05) is 31.3 Å². The molecule has 184 valence electrons. The van der Waals surface area contributed by atoms with Gasteiger partial charge in [-0.2, -0.15) is 14.7 Å². The highest BCUT2D eigenvalue weighted by atomic mass is 32.1. The Balaban J connectivity index is 1.55. The molecule has 5 heterocycles. The largest absolute Gasteiger partial charge is 0.377 e. The van der Waals surface area contributed by atoms with E-state index in [1.54, 1.807) is 0 Å². The first kappa shape index (κ1) is 22.9. The van der Waals surface area contributed by atoms with E-state index in [1.165, 1.54) is 11.5 Å². The normalized spacial score (nSPS) is 24.7. The molecule has 0 spiro atoms. The number of ether oxygens (including phenoxy) is 2. The lowest BCUT2D eigenvalue weighted by molar-refractivity contribution is -0.0385. The number of nitriles is 1. The smallest absolute Gasteiger partial charge is 0.150 e. The zero-order chi connectivity index (χ0) is 24.0. The van der Waals surface area contributed by atoms with E-state index in [0.717, 1.165) is 96.8 Å². The first-order chi connectivity index (χ1) is 17.1. The molecule has 3 aliphatic rings. The van der Waals surface area contributed by atoms with Crippen molar-refractivity contribution in [2.45, 2.75) is 76.5 Å². The molecule has 0 N–H and O–H groups in total. The van der Waals surface area contributed by atoms with E-state index < -0.39 is 5.41 Å². The van der Waals surface area contributed by atoms with Crippen LogP contribution in [0.3, 0.4) is 0 Å². The van der Waals surface area contributed by atoms with Gasteiger partial charge >= 0.3 is 0 Å². The van der Waals surface area contributed by atoms with E-state index in [9.17, 15) is 5.26 Å². The Kier molecular flexibility index (Phi) is 5.99. The van der Waals surface area contributed by atoms with Crippen LogP contribution in [-0.4, -0.2) is 51.5 Å². The molecule has 0 amide bonds. The SMILES string of the molecule is Cc1cc(-c2nsc3c(C4(C#N)CCCC4)cc(N4CCOCC4C)nc23)n(C2CCCCO2)n1. The number of pyridine rings is 1. The fraction of sp³-hybridized carbons (Fsp3) is 0.615. The molecule has 3 fully saturated rings. The van der Waals surface area contributed by atoms with Crippen LogP contribution >= 0.6 is 11.5 Å². The van der Waals surface area contributed by atoms with Crippen LogP contribution in [0.5, 0.6) is 0 Å². The molecular formula is C26H32N6O2S. The maximum absolute atomic E-state index is 10.4. The summed E-state index contributed by atoms with van der Waals surface area (Å²) in [6.45, 7) is 7.10. The predicted octanol–water partition coefficient (Wildman–Crippen LogP) is 5.12. The van der Waals surface area contributed by atoms with Gasteiger partial charge in [0.25, 0.3) is 0 Å². The van der Waals surface area contributed by atoms with Crippen molar-refractivity contribution < 1.29 is 9.47 Å². The molecule has 1 aliphatic carbocycles. The number of hydrogen-bond donors (Lipinski definition) is 0. The highest BCUT2D eigenvalue weighted by Gasteiger charge is 2.39. The number of aromatic nitrogens is 4. The molecule has 8 nitrogen and oxygen atoms in total. The Morgan fingerprint density at radius 2 is 2.03 bits per heavy atom.